The molecular formula is C8H18N2. The third-order valence-electron chi connectivity index (χ3n) is 1.32. The Morgan fingerprint density at radius 2 is 2.10 bits per heavy atom. The normalized spacial score (nSPS) is 11.7. The Balaban J connectivity index is 3.60. The highest BCUT2D eigenvalue weighted by Gasteiger charge is 1.91. The lowest BCUT2D eigenvalue weighted by Crippen LogP contribution is -2.12. The zero-order valence-electron chi connectivity index (χ0n) is 7.20. The molecule has 0 aliphatic heterocycles. The van der Waals surface area contributed by atoms with E-state index in [2.05, 4.69) is 23.8 Å². The van der Waals surface area contributed by atoms with Gasteiger partial charge in [0.25, 0.3) is 0 Å². The van der Waals surface area contributed by atoms with Gasteiger partial charge in [0.05, 0.1) is 0 Å². The number of likely N-dealkylation sites (N-methyl/N-ethyl adjacent to an activating group) is 1. The van der Waals surface area contributed by atoms with Gasteiger partial charge in [0.2, 0.25) is 0 Å². The topological polar surface area (TPSA) is 24.1 Å². The second-order valence-corrected chi connectivity index (χ2v) is 2.37. The Bertz CT molecular complexity index is 89.4. The molecule has 0 bridgehead atoms. The monoisotopic (exact) mass is 142 g/mol. The maximum atomic E-state index is 3.13. The largest absolute Gasteiger partial charge is 0.394 e. The van der Waals surface area contributed by atoms with Crippen molar-refractivity contribution in [2.45, 2.75) is 19.8 Å². The van der Waals surface area contributed by atoms with Gasteiger partial charge in [-0.25, -0.2) is 0 Å². The van der Waals surface area contributed by atoms with E-state index in [1.165, 1.54) is 18.4 Å². The van der Waals surface area contributed by atoms with Crippen molar-refractivity contribution >= 4 is 0 Å². The van der Waals surface area contributed by atoms with Crippen molar-refractivity contribution in [3.63, 3.8) is 0 Å². The molecule has 2 nitrogen and oxygen atoms in total. The number of hydrogen-bond acceptors (Lipinski definition) is 2. The highest BCUT2D eigenvalue weighted by Crippen LogP contribution is 2.00. The first kappa shape index (κ1) is 9.50. The van der Waals surface area contributed by atoms with Crippen molar-refractivity contribution in [1.29, 1.82) is 0 Å². The first-order valence-electron chi connectivity index (χ1n) is 3.85. The van der Waals surface area contributed by atoms with Crippen LogP contribution in [0, 0.1) is 0 Å². The van der Waals surface area contributed by atoms with E-state index < -0.39 is 0 Å². The van der Waals surface area contributed by atoms with Crippen LogP contribution in [0.25, 0.3) is 0 Å². The van der Waals surface area contributed by atoms with E-state index >= 15 is 0 Å². The molecule has 0 rings (SSSR count). The first-order valence-corrected chi connectivity index (χ1v) is 3.85. The predicted molar refractivity (Wildman–Crippen MR) is 46.0 cm³/mol. The summed E-state index contributed by atoms with van der Waals surface area (Å²) < 4.78 is 0. The standard InChI is InChI=1S/C8H18N2/c1-4-5-8(6-9-2)7-10-3/h6,9-10H,4-5,7H2,1-3H3/b8-6+. The molecule has 0 aliphatic carbocycles. The molecule has 0 aliphatic rings. The lowest BCUT2D eigenvalue weighted by atomic mass is 10.1. The maximum Gasteiger partial charge on any atom is 0.0178 e. The molecule has 0 aromatic carbocycles. The zero-order valence-corrected chi connectivity index (χ0v) is 7.20. The molecule has 0 amide bonds. The number of hydrogen-bond donors (Lipinski definition) is 2. The van der Waals surface area contributed by atoms with Crippen molar-refractivity contribution < 1.29 is 0 Å². The summed E-state index contributed by atoms with van der Waals surface area (Å²) in [6, 6.07) is 0. The zero-order chi connectivity index (χ0) is 7.82. The maximum absolute atomic E-state index is 3.13. The molecule has 2 N–H and O–H groups in total. The Morgan fingerprint density at radius 1 is 1.40 bits per heavy atom. The fraction of sp³-hybridized carbons (Fsp3) is 0.750. The van der Waals surface area contributed by atoms with Crippen LogP contribution in [0.2, 0.25) is 0 Å². The molecular weight excluding hydrogens is 124 g/mol. The lowest BCUT2D eigenvalue weighted by Gasteiger charge is -2.03. The van der Waals surface area contributed by atoms with E-state index in [1.54, 1.807) is 0 Å². The van der Waals surface area contributed by atoms with Gasteiger partial charge < -0.3 is 10.6 Å². The summed E-state index contributed by atoms with van der Waals surface area (Å²) in [7, 11) is 3.91. The molecule has 0 spiro atoms. The minimum atomic E-state index is 0.995. The fourth-order valence-corrected chi connectivity index (χ4v) is 0.964. The van der Waals surface area contributed by atoms with Crippen LogP contribution in [-0.2, 0) is 0 Å². The second-order valence-electron chi connectivity index (χ2n) is 2.37. The summed E-state index contributed by atoms with van der Waals surface area (Å²) in [6.45, 7) is 3.19. The molecule has 0 aromatic rings. The third-order valence-corrected chi connectivity index (χ3v) is 1.32. The van der Waals surface area contributed by atoms with Crippen LogP contribution in [0.3, 0.4) is 0 Å². The summed E-state index contributed by atoms with van der Waals surface area (Å²) in [4.78, 5) is 0. The number of rotatable bonds is 5. The second kappa shape index (κ2) is 6.62. The average Bonchev–Trinajstić information content (AvgIpc) is 1.90. The van der Waals surface area contributed by atoms with Gasteiger partial charge in [0.1, 0.15) is 0 Å². The van der Waals surface area contributed by atoms with Gasteiger partial charge in [-0.1, -0.05) is 13.3 Å². The summed E-state index contributed by atoms with van der Waals surface area (Å²) in [5.41, 5.74) is 1.44. The molecule has 2 heteroatoms. The van der Waals surface area contributed by atoms with Crippen molar-refractivity contribution in [2.75, 3.05) is 20.6 Å². The van der Waals surface area contributed by atoms with Gasteiger partial charge in [-0.15, -0.1) is 0 Å². The molecule has 0 fully saturated rings. The van der Waals surface area contributed by atoms with Gasteiger partial charge >= 0.3 is 0 Å². The molecule has 0 saturated heterocycles. The summed E-state index contributed by atoms with van der Waals surface area (Å²) in [5.74, 6) is 0. The van der Waals surface area contributed by atoms with Gasteiger partial charge in [-0.3, -0.25) is 0 Å². The quantitative estimate of drug-likeness (QED) is 0.601. The Morgan fingerprint density at radius 3 is 2.50 bits per heavy atom. The van der Waals surface area contributed by atoms with E-state index in [0.29, 0.717) is 0 Å². The highest BCUT2D eigenvalue weighted by atomic mass is 14.8. The molecule has 10 heavy (non-hydrogen) atoms. The van der Waals surface area contributed by atoms with Crippen molar-refractivity contribution in [3.8, 4) is 0 Å². The predicted octanol–water partition coefficient (Wildman–Crippen LogP) is 1.11. The Kier molecular flexibility index (Phi) is 6.29. The van der Waals surface area contributed by atoms with Gasteiger partial charge in [-0.05, 0) is 25.2 Å². The van der Waals surface area contributed by atoms with E-state index in [9.17, 15) is 0 Å². The van der Waals surface area contributed by atoms with Crippen LogP contribution in [-0.4, -0.2) is 20.6 Å². The SMILES string of the molecule is CCC/C(=C\NC)CNC. The highest BCUT2D eigenvalue weighted by molar-refractivity contribution is 5.01. The van der Waals surface area contributed by atoms with Crippen LogP contribution in [0.4, 0.5) is 0 Å². The Hall–Kier alpha value is -0.500. The molecule has 0 heterocycles. The van der Waals surface area contributed by atoms with Gasteiger partial charge in [0, 0.05) is 13.6 Å². The van der Waals surface area contributed by atoms with Crippen LogP contribution in [0.5, 0.6) is 0 Å². The summed E-state index contributed by atoms with van der Waals surface area (Å²) in [5, 5.41) is 6.16. The van der Waals surface area contributed by atoms with Crippen molar-refractivity contribution in [3.05, 3.63) is 11.8 Å². The lowest BCUT2D eigenvalue weighted by molar-refractivity contribution is 0.788. The fourth-order valence-electron chi connectivity index (χ4n) is 0.964. The molecule has 0 aromatic heterocycles. The smallest absolute Gasteiger partial charge is 0.0178 e. The molecule has 0 unspecified atom stereocenters. The van der Waals surface area contributed by atoms with E-state index in [1.807, 2.05) is 14.1 Å². The van der Waals surface area contributed by atoms with Gasteiger partial charge in [-0.2, -0.15) is 0 Å². The molecule has 0 atom stereocenters. The Labute approximate surface area is 63.7 Å². The average molecular weight is 142 g/mol. The molecule has 0 radical (unpaired) electrons. The van der Waals surface area contributed by atoms with Crippen molar-refractivity contribution in [2.24, 2.45) is 0 Å². The summed E-state index contributed by atoms with van der Waals surface area (Å²) in [6.07, 6.45) is 4.47. The van der Waals surface area contributed by atoms with E-state index in [4.69, 9.17) is 0 Å². The number of nitrogens with one attached hydrogen (secondary N) is 2. The van der Waals surface area contributed by atoms with Gasteiger partial charge in [0.15, 0.2) is 0 Å². The summed E-state index contributed by atoms with van der Waals surface area (Å²) >= 11 is 0. The van der Waals surface area contributed by atoms with E-state index in [0.717, 1.165) is 6.54 Å². The minimum absolute atomic E-state index is 0.995. The minimum Gasteiger partial charge on any atom is -0.394 e. The third kappa shape index (κ3) is 4.39. The molecule has 60 valence electrons. The van der Waals surface area contributed by atoms with Crippen LogP contribution in [0.15, 0.2) is 11.8 Å². The van der Waals surface area contributed by atoms with Crippen molar-refractivity contribution in [1.82, 2.24) is 10.6 Å². The first-order chi connectivity index (χ1) is 4.85. The van der Waals surface area contributed by atoms with Crippen LogP contribution < -0.4 is 10.6 Å². The van der Waals surface area contributed by atoms with Crippen LogP contribution >= 0.6 is 0 Å². The van der Waals surface area contributed by atoms with Crippen LogP contribution in [0.1, 0.15) is 19.8 Å². The molecule has 0 saturated carbocycles. The van der Waals surface area contributed by atoms with E-state index in [-0.39, 0.29) is 0 Å².